The summed E-state index contributed by atoms with van der Waals surface area (Å²) in [5.74, 6) is 0.719. The molecular formula is C13H19NO5S. The van der Waals surface area contributed by atoms with Gasteiger partial charge in [0.05, 0.1) is 25.1 Å². The van der Waals surface area contributed by atoms with Gasteiger partial charge in [0.2, 0.25) is 0 Å². The number of thioether (sulfide) groups is 1. The summed E-state index contributed by atoms with van der Waals surface area (Å²) in [4.78, 5) is 0. The Balaban J connectivity index is 2.06. The van der Waals surface area contributed by atoms with E-state index in [4.69, 9.17) is 4.74 Å². The maximum atomic E-state index is 9.98. The van der Waals surface area contributed by atoms with Gasteiger partial charge in [0.25, 0.3) is 0 Å². The van der Waals surface area contributed by atoms with Gasteiger partial charge in [-0.3, -0.25) is 0 Å². The average molecular weight is 301 g/mol. The first-order valence-corrected chi connectivity index (χ1v) is 7.22. The van der Waals surface area contributed by atoms with Crippen LogP contribution in [-0.4, -0.2) is 63.1 Å². The number of ether oxygens (including phenoxy) is 1. The Kier molecular flexibility index (Phi) is 5.11. The van der Waals surface area contributed by atoms with Gasteiger partial charge in [0.1, 0.15) is 23.3 Å². The third-order valence-corrected chi connectivity index (χ3v) is 4.76. The van der Waals surface area contributed by atoms with Crippen LogP contribution < -0.4 is 10.1 Å². The van der Waals surface area contributed by atoms with Crippen molar-refractivity contribution >= 4 is 17.4 Å². The molecule has 0 saturated carbocycles. The Morgan fingerprint density at radius 3 is 2.30 bits per heavy atom. The Bertz CT molecular complexity index is 427. The molecule has 1 heterocycles. The zero-order chi connectivity index (χ0) is 14.7. The first-order valence-electron chi connectivity index (χ1n) is 6.28. The number of nitrogens with one attached hydrogen (secondary N) is 1. The molecule has 1 aliphatic rings. The molecule has 0 aromatic heterocycles. The fourth-order valence-electron chi connectivity index (χ4n) is 2.07. The summed E-state index contributed by atoms with van der Waals surface area (Å²) >= 11 is 1.20. The number of aliphatic hydroxyl groups is 4. The number of methoxy groups -OCH3 is 1. The van der Waals surface area contributed by atoms with E-state index < -0.39 is 28.9 Å². The van der Waals surface area contributed by atoms with Gasteiger partial charge in [-0.25, -0.2) is 0 Å². The van der Waals surface area contributed by atoms with Crippen LogP contribution in [-0.2, 0) is 0 Å². The molecule has 0 radical (unpaired) electrons. The molecule has 0 amide bonds. The molecule has 1 saturated heterocycles. The minimum atomic E-state index is -1.29. The Morgan fingerprint density at radius 2 is 1.75 bits per heavy atom. The standard InChI is InChI=1S/C13H19NO5S/c1-19-8-4-2-7(3-5-8)14-13-12(18)11(17)10(16)9(6-15)20-13/h2-5,9-18H,6H2,1H3/t9-,10-,11+,12-,13+/m1/s1. The van der Waals surface area contributed by atoms with E-state index >= 15 is 0 Å². The number of hydrogen-bond acceptors (Lipinski definition) is 7. The Hall–Kier alpha value is -0.990. The molecule has 0 aliphatic carbocycles. The second-order valence-electron chi connectivity index (χ2n) is 4.62. The number of aliphatic hydroxyl groups excluding tert-OH is 4. The van der Waals surface area contributed by atoms with Crippen molar-refractivity contribution in [2.24, 2.45) is 0 Å². The molecular weight excluding hydrogens is 282 g/mol. The molecule has 112 valence electrons. The van der Waals surface area contributed by atoms with Gasteiger partial charge in [0.15, 0.2) is 0 Å². The summed E-state index contributed by atoms with van der Waals surface area (Å²) in [6.07, 6.45) is -3.56. The lowest BCUT2D eigenvalue weighted by Crippen LogP contribution is -2.56. The van der Waals surface area contributed by atoms with Crippen molar-refractivity contribution in [1.82, 2.24) is 0 Å². The highest BCUT2D eigenvalue weighted by atomic mass is 32.2. The minimum absolute atomic E-state index is 0.267. The highest BCUT2D eigenvalue weighted by molar-refractivity contribution is 8.00. The highest BCUT2D eigenvalue weighted by Gasteiger charge is 2.42. The normalized spacial score (nSPS) is 33.8. The molecule has 7 heteroatoms. The van der Waals surface area contributed by atoms with Crippen LogP contribution in [0.3, 0.4) is 0 Å². The lowest BCUT2D eigenvalue weighted by atomic mass is 10.0. The molecule has 1 aromatic carbocycles. The third kappa shape index (κ3) is 3.18. The molecule has 1 aromatic rings. The second-order valence-corrected chi connectivity index (χ2v) is 6.01. The third-order valence-electron chi connectivity index (χ3n) is 3.29. The largest absolute Gasteiger partial charge is 0.497 e. The van der Waals surface area contributed by atoms with Crippen molar-refractivity contribution in [2.75, 3.05) is 19.0 Å². The van der Waals surface area contributed by atoms with E-state index in [1.807, 2.05) is 0 Å². The summed E-state index contributed by atoms with van der Waals surface area (Å²) < 4.78 is 5.06. The van der Waals surface area contributed by atoms with Crippen LogP contribution in [0, 0.1) is 0 Å². The zero-order valence-corrected chi connectivity index (χ0v) is 11.8. The predicted molar refractivity (Wildman–Crippen MR) is 76.9 cm³/mol. The predicted octanol–water partition coefficient (Wildman–Crippen LogP) is -0.376. The van der Waals surface area contributed by atoms with Gasteiger partial charge in [-0.2, -0.15) is 0 Å². The monoisotopic (exact) mass is 301 g/mol. The molecule has 0 spiro atoms. The quantitative estimate of drug-likeness (QED) is 0.517. The van der Waals surface area contributed by atoms with Crippen LogP contribution in [0.25, 0.3) is 0 Å². The summed E-state index contributed by atoms with van der Waals surface area (Å²) in [7, 11) is 1.58. The fourth-order valence-corrected chi connectivity index (χ4v) is 3.38. The van der Waals surface area contributed by atoms with E-state index in [0.29, 0.717) is 0 Å². The summed E-state index contributed by atoms with van der Waals surface area (Å²) in [5, 5.41) is 40.7. The molecule has 5 N–H and O–H groups in total. The van der Waals surface area contributed by atoms with Crippen LogP contribution in [0.15, 0.2) is 24.3 Å². The van der Waals surface area contributed by atoms with Crippen molar-refractivity contribution in [3.05, 3.63) is 24.3 Å². The molecule has 1 aliphatic heterocycles. The van der Waals surface area contributed by atoms with Crippen molar-refractivity contribution < 1.29 is 25.2 Å². The molecule has 0 bridgehead atoms. The SMILES string of the molecule is COc1ccc(N[C@H]2S[C@H](CO)[C@@H](O)[C@H](O)[C@H]2O)cc1. The number of rotatable bonds is 4. The van der Waals surface area contributed by atoms with Gasteiger partial charge >= 0.3 is 0 Å². The van der Waals surface area contributed by atoms with Crippen LogP contribution in [0.1, 0.15) is 0 Å². The van der Waals surface area contributed by atoms with Crippen LogP contribution in [0.5, 0.6) is 5.75 Å². The maximum absolute atomic E-state index is 9.98. The van der Waals surface area contributed by atoms with E-state index in [1.54, 1.807) is 31.4 Å². The van der Waals surface area contributed by atoms with E-state index in [0.717, 1.165) is 11.4 Å². The van der Waals surface area contributed by atoms with E-state index in [-0.39, 0.29) is 6.61 Å². The topological polar surface area (TPSA) is 102 Å². The van der Waals surface area contributed by atoms with Crippen LogP contribution in [0.4, 0.5) is 5.69 Å². The van der Waals surface area contributed by atoms with Gasteiger partial charge in [-0.15, -0.1) is 11.8 Å². The van der Waals surface area contributed by atoms with Crippen molar-refractivity contribution in [3.8, 4) is 5.75 Å². The average Bonchev–Trinajstić information content (AvgIpc) is 2.48. The fraction of sp³-hybridized carbons (Fsp3) is 0.538. The summed E-state index contributed by atoms with van der Waals surface area (Å²) in [5.41, 5.74) is 0.752. The second kappa shape index (κ2) is 6.64. The summed E-state index contributed by atoms with van der Waals surface area (Å²) in [6, 6.07) is 7.13. The maximum Gasteiger partial charge on any atom is 0.119 e. The first kappa shape index (κ1) is 15.4. The van der Waals surface area contributed by atoms with E-state index in [2.05, 4.69) is 5.32 Å². The minimum Gasteiger partial charge on any atom is -0.497 e. The van der Waals surface area contributed by atoms with Gasteiger partial charge in [0, 0.05) is 5.69 Å². The van der Waals surface area contributed by atoms with E-state index in [1.165, 1.54) is 11.8 Å². The van der Waals surface area contributed by atoms with Crippen molar-refractivity contribution in [3.63, 3.8) is 0 Å². The highest BCUT2D eigenvalue weighted by Crippen LogP contribution is 2.33. The number of anilines is 1. The number of benzene rings is 1. The smallest absolute Gasteiger partial charge is 0.119 e. The Morgan fingerprint density at radius 1 is 1.10 bits per heavy atom. The van der Waals surface area contributed by atoms with E-state index in [9.17, 15) is 20.4 Å². The van der Waals surface area contributed by atoms with Crippen LogP contribution >= 0.6 is 11.8 Å². The van der Waals surface area contributed by atoms with Gasteiger partial charge in [-0.05, 0) is 24.3 Å². The van der Waals surface area contributed by atoms with Crippen molar-refractivity contribution in [1.29, 1.82) is 0 Å². The molecule has 2 rings (SSSR count). The van der Waals surface area contributed by atoms with Gasteiger partial charge < -0.3 is 30.5 Å². The lowest BCUT2D eigenvalue weighted by Gasteiger charge is -2.40. The molecule has 5 atom stereocenters. The molecule has 1 fully saturated rings. The molecule has 20 heavy (non-hydrogen) atoms. The van der Waals surface area contributed by atoms with Gasteiger partial charge in [-0.1, -0.05) is 0 Å². The lowest BCUT2D eigenvalue weighted by molar-refractivity contribution is -0.0672. The Labute approximate surface area is 121 Å². The van der Waals surface area contributed by atoms with Crippen LogP contribution in [0.2, 0.25) is 0 Å². The number of hydrogen-bond donors (Lipinski definition) is 5. The van der Waals surface area contributed by atoms with Crippen molar-refractivity contribution in [2.45, 2.75) is 28.9 Å². The molecule has 0 unspecified atom stereocenters. The summed E-state index contributed by atoms with van der Waals surface area (Å²) in [6.45, 7) is -0.267. The molecule has 6 nitrogen and oxygen atoms in total. The zero-order valence-electron chi connectivity index (χ0n) is 11.0. The first-order chi connectivity index (χ1) is 9.56.